The summed E-state index contributed by atoms with van der Waals surface area (Å²) in [7, 11) is 1.54. The number of hydrogen-bond acceptors (Lipinski definition) is 6. The van der Waals surface area contributed by atoms with E-state index >= 15 is 0 Å². The summed E-state index contributed by atoms with van der Waals surface area (Å²) in [4.78, 5) is 11.8. The van der Waals surface area contributed by atoms with Crippen LogP contribution in [0.25, 0.3) is 0 Å². The van der Waals surface area contributed by atoms with Crippen LogP contribution >= 0.6 is 0 Å². The van der Waals surface area contributed by atoms with Crippen LogP contribution in [0.3, 0.4) is 0 Å². The van der Waals surface area contributed by atoms with Crippen LogP contribution in [-0.2, 0) is 16.0 Å². The van der Waals surface area contributed by atoms with Gasteiger partial charge in [0.05, 0.1) is 12.3 Å². The molecule has 2 rings (SSSR count). The lowest BCUT2D eigenvalue weighted by molar-refractivity contribution is 0.0380. The van der Waals surface area contributed by atoms with Gasteiger partial charge in [-0.3, -0.25) is 0 Å². The van der Waals surface area contributed by atoms with Gasteiger partial charge < -0.3 is 13.9 Å². The first-order valence-corrected chi connectivity index (χ1v) is 6.23. The van der Waals surface area contributed by atoms with Gasteiger partial charge in [-0.25, -0.2) is 9.48 Å². The number of carbonyl (C=O) groups is 1. The van der Waals surface area contributed by atoms with E-state index in [4.69, 9.17) is 13.9 Å². The number of hydrogen-bond donors (Lipinski definition) is 0. The molecule has 0 aliphatic rings. The maximum Gasteiger partial charge on any atom is 0.360 e. The quantitative estimate of drug-likeness (QED) is 0.586. The van der Waals surface area contributed by atoms with Crippen LogP contribution in [0.15, 0.2) is 16.5 Å². The molecule has 0 aliphatic heterocycles. The lowest BCUT2D eigenvalue weighted by atomic mass is 10.3. The summed E-state index contributed by atoms with van der Waals surface area (Å²) >= 11 is 0. The average Bonchev–Trinajstić information content (AvgIpc) is 2.98. The highest BCUT2D eigenvalue weighted by Crippen LogP contribution is 2.11. The number of nitrogens with zero attached hydrogens (tertiary/aromatic N) is 3. The number of carbonyl (C=O) groups excluding carboxylic acids is 1. The summed E-state index contributed by atoms with van der Waals surface area (Å²) in [5.41, 5.74) is 0.853. The molecule has 108 valence electrons. The fourth-order valence-electron chi connectivity index (χ4n) is 1.70. The lowest BCUT2D eigenvalue weighted by Gasteiger charge is -2.03. The Morgan fingerprint density at radius 3 is 2.80 bits per heavy atom. The van der Waals surface area contributed by atoms with E-state index in [0.29, 0.717) is 18.8 Å². The SMILES string of the molecule is COCCOC(=O)c1nnn(Cc2ccc(C)o2)c1C. The van der Waals surface area contributed by atoms with Crippen molar-refractivity contribution < 1.29 is 18.7 Å². The molecular formula is C13H17N3O4. The summed E-state index contributed by atoms with van der Waals surface area (Å²) in [6.45, 7) is 4.61. The molecule has 0 atom stereocenters. The predicted octanol–water partition coefficient (Wildman–Crippen LogP) is 1.34. The van der Waals surface area contributed by atoms with E-state index in [1.807, 2.05) is 19.1 Å². The maximum atomic E-state index is 11.8. The number of esters is 1. The third-order valence-corrected chi connectivity index (χ3v) is 2.80. The molecule has 7 heteroatoms. The average molecular weight is 279 g/mol. The molecule has 0 spiro atoms. The van der Waals surface area contributed by atoms with Gasteiger partial charge in [0.25, 0.3) is 0 Å². The molecule has 0 fully saturated rings. The van der Waals surface area contributed by atoms with Gasteiger partial charge in [0.1, 0.15) is 24.7 Å². The molecule has 0 amide bonds. The first-order chi connectivity index (χ1) is 9.61. The molecular weight excluding hydrogens is 262 g/mol. The Kier molecular flexibility index (Phi) is 4.52. The van der Waals surface area contributed by atoms with Crippen molar-refractivity contribution in [3.63, 3.8) is 0 Å². The molecule has 0 N–H and O–H groups in total. The van der Waals surface area contributed by atoms with Crippen LogP contribution in [0.5, 0.6) is 0 Å². The topological polar surface area (TPSA) is 79.4 Å². The zero-order valence-electron chi connectivity index (χ0n) is 11.8. The van der Waals surface area contributed by atoms with Gasteiger partial charge >= 0.3 is 5.97 Å². The third kappa shape index (κ3) is 3.24. The lowest BCUT2D eigenvalue weighted by Crippen LogP contribution is -2.12. The molecule has 0 radical (unpaired) electrons. The zero-order valence-corrected chi connectivity index (χ0v) is 11.8. The van der Waals surface area contributed by atoms with Crippen LogP contribution < -0.4 is 0 Å². The van der Waals surface area contributed by atoms with E-state index in [1.165, 1.54) is 0 Å². The van der Waals surface area contributed by atoms with Crippen molar-refractivity contribution in [3.8, 4) is 0 Å². The number of furan rings is 1. The number of aryl methyl sites for hydroxylation is 1. The van der Waals surface area contributed by atoms with Crippen molar-refractivity contribution in [1.82, 2.24) is 15.0 Å². The highest BCUT2D eigenvalue weighted by molar-refractivity contribution is 5.88. The summed E-state index contributed by atoms with van der Waals surface area (Å²) in [6, 6.07) is 3.74. The fraction of sp³-hybridized carbons (Fsp3) is 0.462. The molecule has 0 bridgehead atoms. The van der Waals surface area contributed by atoms with Gasteiger partial charge in [-0.05, 0) is 26.0 Å². The van der Waals surface area contributed by atoms with Gasteiger partial charge in [0, 0.05) is 7.11 Å². The van der Waals surface area contributed by atoms with Crippen LogP contribution in [-0.4, -0.2) is 41.3 Å². The van der Waals surface area contributed by atoms with E-state index in [9.17, 15) is 4.79 Å². The highest BCUT2D eigenvalue weighted by Gasteiger charge is 2.18. The Balaban J connectivity index is 2.04. The van der Waals surface area contributed by atoms with Gasteiger partial charge in [0.2, 0.25) is 0 Å². The molecule has 2 aromatic heterocycles. The summed E-state index contributed by atoms with van der Waals surface area (Å²) in [5, 5.41) is 7.80. The molecule has 2 aromatic rings. The number of ether oxygens (including phenoxy) is 2. The summed E-state index contributed by atoms with van der Waals surface area (Å²) < 4.78 is 16.9. The van der Waals surface area contributed by atoms with Crippen LogP contribution in [0.2, 0.25) is 0 Å². The molecule has 20 heavy (non-hydrogen) atoms. The number of methoxy groups -OCH3 is 1. The van der Waals surface area contributed by atoms with Crippen molar-refractivity contribution in [2.75, 3.05) is 20.3 Å². The monoisotopic (exact) mass is 279 g/mol. The van der Waals surface area contributed by atoms with Crippen LogP contribution in [0, 0.1) is 13.8 Å². The second-order valence-corrected chi connectivity index (χ2v) is 4.32. The van der Waals surface area contributed by atoms with E-state index in [0.717, 1.165) is 11.5 Å². The molecule has 2 heterocycles. The summed E-state index contributed by atoms with van der Waals surface area (Å²) in [5.74, 6) is 1.09. The number of rotatable bonds is 6. The first-order valence-electron chi connectivity index (χ1n) is 6.23. The van der Waals surface area contributed by atoms with Gasteiger partial charge in [0.15, 0.2) is 5.69 Å². The normalized spacial score (nSPS) is 10.8. The molecule has 0 aliphatic carbocycles. The van der Waals surface area contributed by atoms with Crippen molar-refractivity contribution in [2.45, 2.75) is 20.4 Å². The van der Waals surface area contributed by atoms with Crippen molar-refractivity contribution in [3.05, 3.63) is 35.0 Å². The summed E-state index contributed by atoms with van der Waals surface area (Å²) in [6.07, 6.45) is 0. The molecule has 0 saturated carbocycles. The minimum atomic E-state index is -0.499. The van der Waals surface area contributed by atoms with Crippen LogP contribution in [0.1, 0.15) is 27.7 Å². The Morgan fingerprint density at radius 2 is 2.15 bits per heavy atom. The van der Waals surface area contributed by atoms with Crippen LogP contribution in [0.4, 0.5) is 0 Å². The largest absolute Gasteiger partial charge is 0.464 e. The molecule has 0 saturated heterocycles. The van der Waals surface area contributed by atoms with Gasteiger partial charge in [-0.2, -0.15) is 0 Å². The standard InChI is InChI=1S/C13H17N3O4/c1-9-4-5-11(20-9)8-16-10(2)12(14-15-16)13(17)19-7-6-18-3/h4-5H,6-8H2,1-3H3. The third-order valence-electron chi connectivity index (χ3n) is 2.80. The smallest absolute Gasteiger partial charge is 0.360 e. The minimum absolute atomic E-state index is 0.193. The Labute approximate surface area is 116 Å². The molecule has 0 unspecified atom stereocenters. The Hall–Kier alpha value is -2.15. The number of aromatic nitrogens is 3. The van der Waals surface area contributed by atoms with E-state index in [-0.39, 0.29) is 12.3 Å². The van der Waals surface area contributed by atoms with Gasteiger partial charge in [-0.15, -0.1) is 5.10 Å². The maximum absolute atomic E-state index is 11.8. The van der Waals surface area contributed by atoms with Crippen molar-refractivity contribution in [1.29, 1.82) is 0 Å². The second-order valence-electron chi connectivity index (χ2n) is 4.32. The highest BCUT2D eigenvalue weighted by atomic mass is 16.6. The zero-order chi connectivity index (χ0) is 14.5. The Bertz CT molecular complexity index is 588. The van der Waals surface area contributed by atoms with E-state index in [2.05, 4.69) is 10.3 Å². The molecule has 0 aromatic carbocycles. The molecule has 7 nitrogen and oxygen atoms in total. The fourth-order valence-corrected chi connectivity index (χ4v) is 1.70. The van der Waals surface area contributed by atoms with Crippen molar-refractivity contribution >= 4 is 5.97 Å². The second kappa shape index (κ2) is 6.33. The van der Waals surface area contributed by atoms with Gasteiger partial charge in [-0.1, -0.05) is 5.21 Å². The minimum Gasteiger partial charge on any atom is -0.464 e. The Morgan fingerprint density at radius 1 is 1.35 bits per heavy atom. The van der Waals surface area contributed by atoms with Crippen molar-refractivity contribution in [2.24, 2.45) is 0 Å². The first kappa shape index (κ1) is 14.3. The van der Waals surface area contributed by atoms with E-state index in [1.54, 1.807) is 18.7 Å². The van der Waals surface area contributed by atoms with E-state index < -0.39 is 5.97 Å². The predicted molar refractivity (Wildman–Crippen MR) is 69.5 cm³/mol.